The van der Waals surface area contributed by atoms with Crippen LogP contribution in [0.4, 0.5) is 0 Å². The van der Waals surface area contributed by atoms with Crippen LogP contribution in [0.25, 0.3) is 0 Å². The summed E-state index contributed by atoms with van der Waals surface area (Å²) < 4.78 is 5.38. The smallest absolute Gasteiger partial charge is 0.316 e. The van der Waals surface area contributed by atoms with Crippen molar-refractivity contribution < 1.29 is 9.53 Å². The van der Waals surface area contributed by atoms with E-state index < -0.39 is 5.41 Å². The fourth-order valence-electron chi connectivity index (χ4n) is 4.92. The van der Waals surface area contributed by atoms with Gasteiger partial charge in [0.05, 0.1) is 16.7 Å². The Hall–Kier alpha value is -2.75. The van der Waals surface area contributed by atoms with E-state index in [1.165, 1.54) is 5.57 Å². The Labute approximate surface area is 157 Å². The summed E-state index contributed by atoms with van der Waals surface area (Å²) in [5.41, 5.74) is 5.75. The third-order valence-electron chi connectivity index (χ3n) is 6.72. The molecular weight excluding hydrogens is 338 g/mol. The number of rotatable bonds is 0. The molecule has 1 aromatic rings. The van der Waals surface area contributed by atoms with Crippen molar-refractivity contribution in [1.29, 1.82) is 0 Å². The summed E-state index contributed by atoms with van der Waals surface area (Å²) in [7, 11) is 0. The monoisotopic (exact) mass is 357 g/mol. The van der Waals surface area contributed by atoms with Crippen molar-refractivity contribution in [2.45, 2.75) is 50.2 Å². The summed E-state index contributed by atoms with van der Waals surface area (Å²) in [6, 6.07) is 4.03. The molecule has 1 aromatic carbocycles. The van der Waals surface area contributed by atoms with Gasteiger partial charge >= 0.3 is 5.97 Å². The molecule has 2 aliphatic heterocycles. The van der Waals surface area contributed by atoms with E-state index >= 15 is 0 Å². The van der Waals surface area contributed by atoms with Crippen LogP contribution in [-0.4, -0.2) is 17.2 Å². The fourth-order valence-corrected chi connectivity index (χ4v) is 4.92. The number of aliphatic imine (C=N–C) groups is 1. The van der Waals surface area contributed by atoms with Crippen molar-refractivity contribution in [2.75, 3.05) is 0 Å². The summed E-state index contributed by atoms with van der Waals surface area (Å²) >= 11 is 0. The van der Waals surface area contributed by atoms with Crippen molar-refractivity contribution in [3.63, 3.8) is 0 Å². The summed E-state index contributed by atoms with van der Waals surface area (Å²) in [4.78, 5) is 30.7. The van der Waals surface area contributed by atoms with E-state index in [1.54, 1.807) is 0 Å². The van der Waals surface area contributed by atoms with Crippen molar-refractivity contribution >= 4 is 11.7 Å². The standard InChI is InChI=1S/C23H19NO3/c1-22-5-3-2-4-16(22)10-13-8-15-9-14(19(13)24-22)11-18-17(20(15)25)12-27-21(26)23(18)6-7-23/h2-4,9-11H,5-8,12H2,1H3. The van der Waals surface area contributed by atoms with Gasteiger partial charge in [-0.2, -0.15) is 0 Å². The normalized spacial score (nSPS) is 28.2. The highest BCUT2D eigenvalue weighted by Gasteiger charge is 2.56. The van der Waals surface area contributed by atoms with Crippen LogP contribution in [0.15, 0.2) is 57.4 Å². The molecule has 3 aliphatic carbocycles. The van der Waals surface area contributed by atoms with Crippen LogP contribution in [0.1, 0.15) is 48.4 Å². The number of carbonyl (C=O) groups excluding carboxylic acids is 1. The molecule has 1 unspecified atom stereocenters. The molecule has 0 radical (unpaired) electrons. The van der Waals surface area contributed by atoms with Crippen molar-refractivity contribution in [1.82, 2.24) is 0 Å². The van der Waals surface area contributed by atoms with Crippen molar-refractivity contribution in [2.24, 2.45) is 4.99 Å². The quantitative estimate of drug-likeness (QED) is 0.671. The lowest BCUT2D eigenvalue weighted by atomic mass is 9.78. The Balaban J connectivity index is 1.63. The number of allylic oxidation sites excluding steroid dienone is 3. The summed E-state index contributed by atoms with van der Waals surface area (Å²) in [5.74, 6) is -0.178. The van der Waals surface area contributed by atoms with E-state index in [1.807, 2.05) is 6.07 Å². The third kappa shape index (κ3) is 1.90. The minimum absolute atomic E-state index is 0.0285. The molecule has 6 rings (SSSR count). The number of esters is 1. The predicted octanol–water partition coefficient (Wildman–Crippen LogP) is 3.07. The fraction of sp³-hybridized carbons (Fsp3) is 0.348. The largest absolute Gasteiger partial charge is 0.460 e. The molecule has 5 aliphatic rings. The van der Waals surface area contributed by atoms with Gasteiger partial charge in [-0.05, 0) is 55.0 Å². The first kappa shape index (κ1) is 15.3. The maximum absolute atomic E-state index is 13.2. The minimum Gasteiger partial charge on any atom is -0.460 e. The van der Waals surface area contributed by atoms with E-state index in [0.717, 1.165) is 47.2 Å². The van der Waals surface area contributed by atoms with Gasteiger partial charge in [-0.3, -0.25) is 14.6 Å². The Bertz CT molecular complexity index is 1130. The van der Waals surface area contributed by atoms with Crippen LogP contribution < -0.4 is 5.43 Å². The minimum atomic E-state index is -0.593. The molecule has 134 valence electrons. The Morgan fingerprint density at radius 3 is 2.85 bits per heavy atom. The van der Waals surface area contributed by atoms with Crippen LogP contribution in [0, 0.1) is 0 Å². The molecule has 4 heteroatoms. The average molecular weight is 357 g/mol. The second kappa shape index (κ2) is 4.75. The highest BCUT2D eigenvalue weighted by Crippen LogP contribution is 2.52. The molecule has 1 spiro atoms. The number of cyclic esters (lactones) is 1. The number of fused-ring (bicyclic) bond motifs is 7. The predicted molar refractivity (Wildman–Crippen MR) is 102 cm³/mol. The highest BCUT2D eigenvalue weighted by atomic mass is 16.5. The lowest BCUT2D eigenvalue weighted by Gasteiger charge is -2.34. The molecule has 0 N–H and O–H groups in total. The molecule has 4 nitrogen and oxygen atoms in total. The van der Waals surface area contributed by atoms with Gasteiger partial charge in [0.2, 0.25) is 0 Å². The number of dihydropyridines is 1. The Morgan fingerprint density at radius 1 is 1.19 bits per heavy atom. The van der Waals surface area contributed by atoms with Gasteiger partial charge in [0.1, 0.15) is 6.61 Å². The molecule has 1 fully saturated rings. The van der Waals surface area contributed by atoms with Crippen LogP contribution in [0.3, 0.4) is 0 Å². The van der Waals surface area contributed by atoms with E-state index in [2.05, 4.69) is 37.3 Å². The zero-order chi connectivity index (χ0) is 18.4. The first-order chi connectivity index (χ1) is 13.0. The number of carbonyl (C=O) groups is 1. The zero-order valence-electron chi connectivity index (χ0n) is 15.2. The third-order valence-corrected chi connectivity index (χ3v) is 6.72. The highest BCUT2D eigenvalue weighted by molar-refractivity contribution is 6.15. The molecular formula is C23H19NO3. The summed E-state index contributed by atoms with van der Waals surface area (Å²) in [6.45, 7) is 2.25. The first-order valence-electron chi connectivity index (χ1n) is 9.57. The first-order valence-corrected chi connectivity index (χ1v) is 9.57. The topological polar surface area (TPSA) is 55.7 Å². The van der Waals surface area contributed by atoms with E-state index in [4.69, 9.17) is 9.73 Å². The van der Waals surface area contributed by atoms with Gasteiger partial charge in [0.15, 0.2) is 5.43 Å². The zero-order valence-corrected chi connectivity index (χ0v) is 15.2. The Kier molecular flexibility index (Phi) is 2.69. The molecule has 0 amide bonds. The van der Waals surface area contributed by atoms with E-state index in [-0.39, 0.29) is 23.5 Å². The lowest BCUT2D eigenvalue weighted by Crippen LogP contribution is -2.33. The molecule has 2 bridgehead atoms. The maximum atomic E-state index is 13.2. The summed E-state index contributed by atoms with van der Waals surface area (Å²) in [5, 5.41) is 0. The summed E-state index contributed by atoms with van der Waals surface area (Å²) in [6.07, 6.45) is 11.5. The van der Waals surface area contributed by atoms with Crippen LogP contribution in [-0.2, 0) is 28.0 Å². The van der Waals surface area contributed by atoms with Gasteiger partial charge in [-0.1, -0.05) is 24.3 Å². The molecule has 0 saturated heterocycles. The molecule has 1 atom stereocenters. The molecule has 27 heavy (non-hydrogen) atoms. The van der Waals surface area contributed by atoms with E-state index in [0.29, 0.717) is 12.0 Å². The number of hydrogen-bond donors (Lipinski definition) is 0. The van der Waals surface area contributed by atoms with E-state index in [9.17, 15) is 9.59 Å². The molecule has 0 aromatic heterocycles. The number of ether oxygens (including phenoxy) is 1. The Morgan fingerprint density at radius 2 is 2.04 bits per heavy atom. The molecule has 1 saturated carbocycles. The lowest BCUT2D eigenvalue weighted by molar-refractivity contribution is -0.149. The van der Waals surface area contributed by atoms with Crippen LogP contribution >= 0.6 is 0 Å². The molecule has 2 heterocycles. The second-order valence-electron chi connectivity index (χ2n) is 8.48. The van der Waals surface area contributed by atoms with Crippen LogP contribution in [0.2, 0.25) is 0 Å². The van der Waals surface area contributed by atoms with Crippen molar-refractivity contribution in [3.8, 4) is 0 Å². The van der Waals surface area contributed by atoms with Crippen LogP contribution in [0.5, 0.6) is 0 Å². The number of nitrogens with zero attached hydrogens (tertiary/aromatic N) is 1. The SMILES string of the molecule is CC12CC=CC=C1C=C1Cc3cc(cc4c(c3=O)COC(=O)C43CC3)C1=N2. The number of hydrogen-bond acceptors (Lipinski definition) is 4. The van der Waals surface area contributed by atoms with Gasteiger partial charge in [-0.25, -0.2) is 0 Å². The maximum Gasteiger partial charge on any atom is 0.316 e. The van der Waals surface area contributed by atoms with Crippen molar-refractivity contribution in [3.05, 3.63) is 80.1 Å². The van der Waals surface area contributed by atoms with Gasteiger partial charge < -0.3 is 4.74 Å². The second-order valence-corrected chi connectivity index (χ2v) is 8.48. The average Bonchev–Trinajstić information content (AvgIpc) is 3.45. The van der Waals surface area contributed by atoms with Gasteiger partial charge in [0, 0.05) is 23.1 Å². The van der Waals surface area contributed by atoms with Gasteiger partial charge in [-0.15, -0.1) is 0 Å². The van der Waals surface area contributed by atoms with Gasteiger partial charge in [0.25, 0.3) is 0 Å².